The van der Waals surface area contributed by atoms with Crippen molar-refractivity contribution in [3.8, 4) is 0 Å². The average molecular weight is 285 g/mol. The van der Waals surface area contributed by atoms with Gasteiger partial charge < -0.3 is 14.0 Å². The molecule has 0 radical (unpaired) electrons. The zero-order valence-corrected chi connectivity index (χ0v) is 12.0. The van der Waals surface area contributed by atoms with Crippen molar-refractivity contribution in [3.63, 3.8) is 0 Å². The van der Waals surface area contributed by atoms with Crippen LogP contribution in [0.5, 0.6) is 0 Å². The minimum absolute atomic E-state index is 0.109. The van der Waals surface area contributed by atoms with E-state index in [-0.39, 0.29) is 11.9 Å². The second-order valence-electron chi connectivity index (χ2n) is 3.57. The van der Waals surface area contributed by atoms with Crippen LogP contribution in [-0.4, -0.2) is 56.2 Å². The molecule has 0 aromatic heterocycles. The van der Waals surface area contributed by atoms with Gasteiger partial charge in [-0.3, -0.25) is 0 Å². The van der Waals surface area contributed by atoms with E-state index >= 15 is 0 Å². The quantitative estimate of drug-likeness (QED) is 0.418. The lowest BCUT2D eigenvalue weighted by atomic mass is 10.4. The Labute approximate surface area is 108 Å². The molecule has 0 fully saturated rings. The standard InChI is InChI=1S/C10H22O5S2/c1-3-15-10(2)9-14-5-4-6-16-7-8-17(11,12)13/h10H,3-9H2,1-2H3,(H,11,12,13)/p-1. The summed E-state index contributed by atoms with van der Waals surface area (Å²) in [5.74, 6) is 0.875. The van der Waals surface area contributed by atoms with Gasteiger partial charge in [0.15, 0.2) is 0 Å². The molecule has 0 heterocycles. The number of ether oxygens (including phenoxy) is 2. The van der Waals surface area contributed by atoms with E-state index in [1.165, 1.54) is 11.8 Å². The molecule has 0 saturated heterocycles. The highest BCUT2D eigenvalue weighted by Crippen LogP contribution is 2.04. The van der Waals surface area contributed by atoms with Crippen LogP contribution < -0.4 is 0 Å². The molecule has 17 heavy (non-hydrogen) atoms. The van der Waals surface area contributed by atoms with Crippen LogP contribution in [0.4, 0.5) is 0 Å². The molecule has 0 aromatic carbocycles. The van der Waals surface area contributed by atoms with Crippen LogP contribution in [0.1, 0.15) is 20.3 Å². The van der Waals surface area contributed by atoms with Gasteiger partial charge in [-0.05, 0) is 26.0 Å². The Bertz CT molecular complexity index is 266. The topological polar surface area (TPSA) is 75.7 Å². The lowest BCUT2D eigenvalue weighted by Gasteiger charge is -2.11. The Morgan fingerprint density at radius 3 is 2.65 bits per heavy atom. The molecule has 5 nitrogen and oxygen atoms in total. The van der Waals surface area contributed by atoms with Crippen molar-refractivity contribution in [1.82, 2.24) is 0 Å². The van der Waals surface area contributed by atoms with Crippen LogP contribution in [0.3, 0.4) is 0 Å². The fraction of sp³-hybridized carbons (Fsp3) is 1.00. The molecular weight excluding hydrogens is 264 g/mol. The first-order chi connectivity index (χ1) is 7.95. The van der Waals surface area contributed by atoms with Crippen molar-refractivity contribution in [2.24, 2.45) is 0 Å². The molecule has 0 bridgehead atoms. The highest BCUT2D eigenvalue weighted by atomic mass is 32.2. The summed E-state index contributed by atoms with van der Waals surface area (Å²) in [4.78, 5) is 0. The van der Waals surface area contributed by atoms with Gasteiger partial charge in [-0.1, -0.05) is 0 Å². The van der Waals surface area contributed by atoms with E-state index < -0.39 is 10.1 Å². The predicted octanol–water partition coefficient (Wildman–Crippen LogP) is 1.10. The minimum Gasteiger partial charge on any atom is -0.748 e. The largest absolute Gasteiger partial charge is 0.748 e. The molecule has 1 unspecified atom stereocenters. The van der Waals surface area contributed by atoms with Gasteiger partial charge in [0, 0.05) is 24.7 Å². The second-order valence-corrected chi connectivity index (χ2v) is 6.32. The van der Waals surface area contributed by atoms with Gasteiger partial charge in [0.1, 0.15) is 0 Å². The van der Waals surface area contributed by atoms with Crippen molar-refractivity contribution in [2.75, 3.05) is 37.1 Å². The molecule has 1 atom stereocenters. The van der Waals surface area contributed by atoms with Gasteiger partial charge in [-0.15, -0.1) is 0 Å². The van der Waals surface area contributed by atoms with E-state index in [1.807, 2.05) is 13.8 Å². The molecule has 0 aromatic rings. The van der Waals surface area contributed by atoms with Crippen LogP contribution in [-0.2, 0) is 19.6 Å². The Hall–Kier alpha value is 0.180. The third-order valence-corrected chi connectivity index (χ3v) is 3.89. The van der Waals surface area contributed by atoms with Crippen molar-refractivity contribution in [2.45, 2.75) is 26.4 Å². The molecule has 0 spiro atoms. The van der Waals surface area contributed by atoms with Crippen molar-refractivity contribution in [3.05, 3.63) is 0 Å². The Kier molecular flexibility index (Phi) is 10.2. The molecule has 0 aliphatic heterocycles. The van der Waals surface area contributed by atoms with E-state index in [2.05, 4.69) is 0 Å². The Balaban J connectivity index is 3.19. The van der Waals surface area contributed by atoms with Gasteiger partial charge in [0.05, 0.1) is 22.8 Å². The monoisotopic (exact) mass is 285 g/mol. The number of rotatable bonds is 11. The zero-order valence-electron chi connectivity index (χ0n) is 10.4. The smallest absolute Gasteiger partial charge is 0.0954 e. The molecule has 0 aliphatic rings. The molecular formula is C10H21O5S2-. The van der Waals surface area contributed by atoms with Crippen molar-refractivity contribution < 1.29 is 22.4 Å². The fourth-order valence-electron chi connectivity index (χ4n) is 1.11. The second kappa shape index (κ2) is 10.1. The molecule has 0 saturated carbocycles. The summed E-state index contributed by atoms with van der Waals surface area (Å²) in [6.45, 7) is 5.79. The predicted molar refractivity (Wildman–Crippen MR) is 68.4 cm³/mol. The SMILES string of the molecule is CCOC(C)COCCCSCCS(=O)(=O)[O-]. The van der Waals surface area contributed by atoms with Crippen LogP contribution in [0, 0.1) is 0 Å². The van der Waals surface area contributed by atoms with Crippen molar-refractivity contribution >= 4 is 21.9 Å². The van der Waals surface area contributed by atoms with Crippen LogP contribution >= 0.6 is 11.8 Å². The lowest BCUT2D eigenvalue weighted by Crippen LogP contribution is -2.16. The first kappa shape index (κ1) is 17.2. The van der Waals surface area contributed by atoms with Crippen molar-refractivity contribution in [1.29, 1.82) is 0 Å². The number of hydrogen-bond acceptors (Lipinski definition) is 6. The van der Waals surface area contributed by atoms with Gasteiger partial charge in [-0.2, -0.15) is 11.8 Å². The summed E-state index contributed by atoms with van der Waals surface area (Å²) in [6, 6.07) is 0. The summed E-state index contributed by atoms with van der Waals surface area (Å²) < 4.78 is 41.6. The Morgan fingerprint density at radius 2 is 2.06 bits per heavy atom. The molecule has 0 aliphatic carbocycles. The normalized spacial score (nSPS) is 13.8. The molecule has 0 amide bonds. The summed E-state index contributed by atoms with van der Waals surface area (Å²) in [5.41, 5.74) is 0. The van der Waals surface area contributed by atoms with Gasteiger partial charge in [0.2, 0.25) is 0 Å². The van der Waals surface area contributed by atoms with E-state index in [0.717, 1.165) is 12.2 Å². The first-order valence-electron chi connectivity index (χ1n) is 5.66. The van der Waals surface area contributed by atoms with Crippen LogP contribution in [0.25, 0.3) is 0 Å². The van der Waals surface area contributed by atoms with E-state index in [9.17, 15) is 13.0 Å². The summed E-state index contributed by atoms with van der Waals surface area (Å²) in [5, 5.41) is 0. The maximum absolute atomic E-state index is 10.3. The van der Waals surface area contributed by atoms with Crippen LogP contribution in [0.2, 0.25) is 0 Å². The average Bonchev–Trinajstić information content (AvgIpc) is 2.21. The minimum atomic E-state index is -4.06. The summed E-state index contributed by atoms with van der Waals surface area (Å²) in [6.07, 6.45) is 0.959. The third kappa shape index (κ3) is 14.1. The maximum atomic E-state index is 10.3. The summed E-state index contributed by atoms with van der Waals surface area (Å²) in [7, 11) is -4.06. The highest BCUT2D eigenvalue weighted by Gasteiger charge is 2.00. The maximum Gasteiger partial charge on any atom is 0.0954 e. The highest BCUT2D eigenvalue weighted by molar-refractivity contribution is 8.00. The molecule has 104 valence electrons. The fourth-order valence-corrected chi connectivity index (χ4v) is 2.92. The van der Waals surface area contributed by atoms with E-state index in [1.54, 1.807) is 0 Å². The molecule has 0 rings (SSSR count). The molecule has 7 heteroatoms. The lowest BCUT2D eigenvalue weighted by molar-refractivity contribution is -0.00106. The van der Waals surface area contributed by atoms with E-state index in [0.29, 0.717) is 25.6 Å². The molecule has 0 N–H and O–H groups in total. The van der Waals surface area contributed by atoms with Crippen LogP contribution in [0.15, 0.2) is 0 Å². The Morgan fingerprint density at radius 1 is 1.35 bits per heavy atom. The third-order valence-electron chi connectivity index (χ3n) is 1.86. The summed E-state index contributed by atoms with van der Waals surface area (Å²) >= 11 is 1.46. The zero-order chi connectivity index (χ0) is 13.1. The number of thioether (sulfide) groups is 1. The van der Waals surface area contributed by atoms with Gasteiger partial charge in [0.25, 0.3) is 0 Å². The van der Waals surface area contributed by atoms with E-state index in [4.69, 9.17) is 9.47 Å². The van der Waals surface area contributed by atoms with Gasteiger partial charge >= 0.3 is 0 Å². The van der Waals surface area contributed by atoms with Gasteiger partial charge in [-0.25, -0.2) is 8.42 Å². The number of hydrogen-bond donors (Lipinski definition) is 0. The first-order valence-corrected chi connectivity index (χ1v) is 8.39.